The summed E-state index contributed by atoms with van der Waals surface area (Å²) in [7, 11) is 0. The van der Waals surface area contributed by atoms with E-state index in [9.17, 15) is 0 Å². The maximum Gasteiger partial charge on any atom is 0.164 e. The molecule has 0 bridgehead atoms. The van der Waals surface area contributed by atoms with Crippen molar-refractivity contribution in [2.75, 3.05) is 0 Å². The van der Waals surface area contributed by atoms with Crippen LogP contribution in [0.1, 0.15) is 5.82 Å². The van der Waals surface area contributed by atoms with Gasteiger partial charge in [-0.1, -0.05) is 17.7 Å². The fraction of sp³-hybridized carbons (Fsp3) is 0.0769. The minimum absolute atomic E-state index is 0.306. The number of hydrogen-bond donors (Lipinski definition) is 0. The lowest BCUT2D eigenvalue weighted by Crippen LogP contribution is -2.00. The molecule has 96 valence electrons. The Morgan fingerprint density at radius 1 is 1.26 bits per heavy atom. The summed E-state index contributed by atoms with van der Waals surface area (Å²) in [5.74, 6) is 1.05. The molecular formula is C13H8BrCl2N3. The SMILES string of the molecule is ClCc1nc2cc(Br)cnc2n1-c1cccc(Cl)c1. The number of imidazole rings is 1. The molecule has 0 aliphatic heterocycles. The van der Waals surface area contributed by atoms with Crippen LogP contribution in [0.5, 0.6) is 0 Å². The van der Waals surface area contributed by atoms with Gasteiger partial charge in [0.1, 0.15) is 11.3 Å². The van der Waals surface area contributed by atoms with E-state index in [0.717, 1.165) is 27.1 Å². The number of fused-ring (bicyclic) bond motifs is 1. The van der Waals surface area contributed by atoms with Crippen LogP contribution in [-0.2, 0) is 5.88 Å². The van der Waals surface area contributed by atoms with Gasteiger partial charge in [0.2, 0.25) is 0 Å². The Labute approximate surface area is 128 Å². The molecule has 0 unspecified atom stereocenters. The van der Waals surface area contributed by atoms with Crippen molar-refractivity contribution in [2.45, 2.75) is 5.88 Å². The monoisotopic (exact) mass is 355 g/mol. The zero-order valence-corrected chi connectivity index (χ0v) is 12.7. The molecule has 1 aromatic carbocycles. The molecule has 0 saturated heterocycles. The van der Waals surface area contributed by atoms with E-state index in [1.165, 1.54) is 0 Å². The zero-order valence-electron chi connectivity index (χ0n) is 9.65. The molecule has 2 heterocycles. The molecular weight excluding hydrogens is 349 g/mol. The number of nitrogens with zero attached hydrogens (tertiary/aromatic N) is 3. The molecule has 2 aromatic heterocycles. The lowest BCUT2D eigenvalue weighted by molar-refractivity contribution is 0.970. The van der Waals surface area contributed by atoms with Gasteiger partial charge < -0.3 is 0 Å². The Balaban J connectivity index is 2.32. The summed E-state index contributed by atoms with van der Waals surface area (Å²) >= 11 is 15.4. The molecule has 0 atom stereocenters. The summed E-state index contributed by atoms with van der Waals surface area (Å²) in [6, 6.07) is 9.45. The zero-order chi connectivity index (χ0) is 13.4. The normalized spacial score (nSPS) is 11.1. The fourth-order valence-electron chi connectivity index (χ4n) is 1.96. The summed E-state index contributed by atoms with van der Waals surface area (Å²) in [5.41, 5.74) is 2.46. The minimum atomic E-state index is 0.306. The Kier molecular flexibility index (Phi) is 3.48. The van der Waals surface area contributed by atoms with Gasteiger partial charge in [-0.15, -0.1) is 11.6 Å². The van der Waals surface area contributed by atoms with Gasteiger partial charge >= 0.3 is 0 Å². The highest BCUT2D eigenvalue weighted by Gasteiger charge is 2.13. The number of pyridine rings is 1. The fourth-order valence-corrected chi connectivity index (χ4v) is 2.65. The lowest BCUT2D eigenvalue weighted by Gasteiger charge is -2.07. The molecule has 3 nitrogen and oxygen atoms in total. The van der Waals surface area contributed by atoms with Crippen LogP contribution in [-0.4, -0.2) is 14.5 Å². The van der Waals surface area contributed by atoms with Gasteiger partial charge in [-0.3, -0.25) is 4.57 Å². The summed E-state index contributed by atoms with van der Waals surface area (Å²) in [6.45, 7) is 0. The number of aromatic nitrogens is 3. The van der Waals surface area contributed by atoms with Crippen molar-refractivity contribution >= 4 is 50.3 Å². The van der Waals surface area contributed by atoms with Gasteiger partial charge in [0.25, 0.3) is 0 Å². The average molecular weight is 357 g/mol. The molecule has 0 spiro atoms. The van der Waals surface area contributed by atoms with Crippen molar-refractivity contribution in [3.63, 3.8) is 0 Å². The van der Waals surface area contributed by atoms with Crippen LogP contribution in [0.3, 0.4) is 0 Å². The summed E-state index contributed by atoms with van der Waals surface area (Å²) < 4.78 is 2.80. The first-order valence-corrected chi connectivity index (χ1v) is 7.24. The topological polar surface area (TPSA) is 30.7 Å². The lowest BCUT2D eigenvalue weighted by atomic mass is 10.3. The van der Waals surface area contributed by atoms with E-state index in [0.29, 0.717) is 10.9 Å². The second kappa shape index (κ2) is 5.12. The number of benzene rings is 1. The predicted octanol–water partition coefficient (Wildman–Crippen LogP) is 4.58. The molecule has 3 rings (SSSR count). The van der Waals surface area contributed by atoms with Crippen LogP contribution in [0.4, 0.5) is 0 Å². The van der Waals surface area contributed by atoms with Gasteiger partial charge in [-0.05, 0) is 40.2 Å². The number of halogens is 3. The van der Waals surface area contributed by atoms with E-state index in [2.05, 4.69) is 25.9 Å². The van der Waals surface area contributed by atoms with Crippen molar-refractivity contribution in [1.82, 2.24) is 14.5 Å². The number of alkyl halides is 1. The van der Waals surface area contributed by atoms with Gasteiger partial charge in [0.15, 0.2) is 5.65 Å². The molecule has 0 fully saturated rings. The molecule has 0 aliphatic rings. The van der Waals surface area contributed by atoms with E-state index in [1.54, 1.807) is 6.20 Å². The quantitative estimate of drug-likeness (QED) is 0.629. The van der Waals surface area contributed by atoms with E-state index in [-0.39, 0.29) is 0 Å². The van der Waals surface area contributed by atoms with Crippen LogP contribution >= 0.6 is 39.1 Å². The first-order chi connectivity index (χ1) is 9.19. The third kappa shape index (κ3) is 2.36. The van der Waals surface area contributed by atoms with Crippen LogP contribution in [0.25, 0.3) is 16.9 Å². The van der Waals surface area contributed by atoms with Gasteiger partial charge in [-0.25, -0.2) is 9.97 Å². The molecule has 0 amide bonds. The first kappa shape index (κ1) is 12.9. The van der Waals surface area contributed by atoms with Gasteiger partial charge in [-0.2, -0.15) is 0 Å². The van der Waals surface area contributed by atoms with E-state index < -0.39 is 0 Å². The van der Waals surface area contributed by atoms with Crippen LogP contribution in [0.15, 0.2) is 41.0 Å². The minimum Gasteiger partial charge on any atom is -0.280 e. The third-order valence-corrected chi connectivity index (χ3v) is 3.63. The highest BCUT2D eigenvalue weighted by atomic mass is 79.9. The van der Waals surface area contributed by atoms with E-state index in [1.807, 2.05) is 34.9 Å². The predicted molar refractivity (Wildman–Crippen MR) is 81.1 cm³/mol. The summed E-state index contributed by atoms with van der Waals surface area (Å²) in [5, 5.41) is 0.664. The van der Waals surface area contributed by atoms with Crippen molar-refractivity contribution in [3.8, 4) is 5.69 Å². The second-order valence-electron chi connectivity index (χ2n) is 3.97. The summed E-state index contributed by atoms with van der Waals surface area (Å²) in [6.07, 6.45) is 1.74. The van der Waals surface area contributed by atoms with Crippen molar-refractivity contribution in [2.24, 2.45) is 0 Å². The van der Waals surface area contributed by atoms with Crippen LogP contribution in [0, 0.1) is 0 Å². The maximum atomic E-state index is 6.04. The van der Waals surface area contributed by atoms with Gasteiger partial charge in [0.05, 0.1) is 11.6 Å². The smallest absolute Gasteiger partial charge is 0.164 e. The molecule has 0 saturated carbocycles. The number of hydrogen-bond acceptors (Lipinski definition) is 2. The summed E-state index contributed by atoms with van der Waals surface area (Å²) in [4.78, 5) is 8.90. The third-order valence-electron chi connectivity index (χ3n) is 2.72. The molecule has 0 radical (unpaired) electrons. The Morgan fingerprint density at radius 2 is 2.11 bits per heavy atom. The molecule has 6 heteroatoms. The highest BCUT2D eigenvalue weighted by molar-refractivity contribution is 9.10. The Morgan fingerprint density at radius 3 is 2.84 bits per heavy atom. The van der Waals surface area contributed by atoms with Crippen LogP contribution in [0.2, 0.25) is 5.02 Å². The van der Waals surface area contributed by atoms with Crippen molar-refractivity contribution < 1.29 is 0 Å². The maximum absolute atomic E-state index is 6.04. The van der Waals surface area contributed by atoms with Gasteiger partial charge in [0, 0.05) is 15.7 Å². The van der Waals surface area contributed by atoms with Crippen LogP contribution < -0.4 is 0 Å². The molecule has 3 aromatic rings. The van der Waals surface area contributed by atoms with E-state index in [4.69, 9.17) is 23.2 Å². The highest BCUT2D eigenvalue weighted by Crippen LogP contribution is 2.24. The number of rotatable bonds is 2. The largest absolute Gasteiger partial charge is 0.280 e. The molecule has 19 heavy (non-hydrogen) atoms. The van der Waals surface area contributed by atoms with E-state index >= 15 is 0 Å². The molecule has 0 aliphatic carbocycles. The Bertz CT molecular complexity index is 755. The van der Waals surface area contributed by atoms with Crippen molar-refractivity contribution in [3.05, 3.63) is 51.8 Å². The second-order valence-corrected chi connectivity index (χ2v) is 5.59. The first-order valence-electron chi connectivity index (χ1n) is 5.54. The Hall–Kier alpha value is -1.10. The van der Waals surface area contributed by atoms with Crippen molar-refractivity contribution in [1.29, 1.82) is 0 Å². The standard InChI is InChI=1S/C13H8BrCl2N3/c14-8-4-11-13(17-7-8)19(12(6-15)18-11)10-3-1-2-9(16)5-10/h1-5,7H,6H2. The average Bonchev–Trinajstić information content (AvgIpc) is 2.76. The molecule has 0 N–H and O–H groups in total.